The van der Waals surface area contributed by atoms with Gasteiger partial charge in [-0.25, -0.2) is 13.4 Å². The summed E-state index contributed by atoms with van der Waals surface area (Å²) in [5.74, 6) is -0.446. The highest BCUT2D eigenvalue weighted by molar-refractivity contribution is 7.92. The molecule has 0 atom stereocenters. The number of nitrogens with zero attached hydrogens (tertiary/aromatic N) is 5. The van der Waals surface area contributed by atoms with E-state index in [1.54, 1.807) is 43.6 Å². The molecule has 2 amide bonds. The number of hydrogen-bond acceptors (Lipinski definition) is 10. The number of nitrogens with one attached hydrogen (secondary N) is 1. The number of rotatable bonds is 10. The molecule has 5 rings (SSSR count). The number of hydrogen-bond donors (Lipinski definition) is 1. The van der Waals surface area contributed by atoms with Gasteiger partial charge in [0.2, 0.25) is 5.91 Å². The predicted octanol–water partition coefficient (Wildman–Crippen LogP) is 2.70. The molecule has 2 aromatic heterocycles. The van der Waals surface area contributed by atoms with Crippen LogP contribution in [-0.4, -0.2) is 77.1 Å². The van der Waals surface area contributed by atoms with Crippen LogP contribution in [-0.2, 0) is 37.4 Å². The lowest BCUT2D eigenvalue weighted by Gasteiger charge is -2.33. The van der Waals surface area contributed by atoms with Crippen molar-refractivity contribution in [3.63, 3.8) is 0 Å². The van der Waals surface area contributed by atoms with E-state index >= 15 is 0 Å². The minimum Gasteiger partial charge on any atom is -0.389 e. The highest BCUT2D eigenvalue weighted by Gasteiger charge is 2.36. The van der Waals surface area contributed by atoms with E-state index in [1.807, 2.05) is 11.0 Å². The van der Waals surface area contributed by atoms with Crippen LogP contribution in [0.15, 0.2) is 64.9 Å². The van der Waals surface area contributed by atoms with Crippen molar-refractivity contribution in [2.24, 2.45) is 5.16 Å². The Kier molecular flexibility index (Phi) is 8.52. The predicted molar refractivity (Wildman–Crippen MR) is 150 cm³/mol. The lowest BCUT2D eigenvalue weighted by molar-refractivity contribution is -0.130. The van der Waals surface area contributed by atoms with E-state index in [2.05, 4.69) is 25.3 Å². The molecule has 3 aromatic rings. The molecule has 210 valence electrons. The Balaban J connectivity index is 1.28. The van der Waals surface area contributed by atoms with Crippen molar-refractivity contribution >= 4 is 43.8 Å². The van der Waals surface area contributed by atoms with Gasteiger partial charge in [0, 0.05) is 62.5 Å². The summed E-state index contributed by atoms with van der Waals surface area (Å²) in [5.41, 5.74) is 1.04. The second-order valence-corrected chi connectivity index (χ2v) is 13.0. The van der Waals surface area contributed by atoms with Gasteiger partial charge in [-0.05, 0) is 37.1 Å². The third-order valence-electron chi connectivity index (χ3n) is 6.70. The van der Waals surface area contributed by atoms with Crippen LogP contribution in [0.2, 0.25) is 0 Å². The molecule has 3 heterocycles. The van der Waals surface area contributed by atoms with E-state index in [1.165, 1.54) is 23.5 Å². The molecule has 1 aliphatic heterocycles. The number of carbonyl (C=O) groups is 2. The molecule has 1 saturated heterocycles. The molecule has 2 aliphatic rings. The molecule has 11 nitrogen and oxygen atoms in total. The van der Waals surface area contributed by atoms with Crippen molar-refractivity contribution in [1.82, 2.24) is 19.8 Å². The summed E-state index contributed by atoms with van der Waals surface area (Å²) >= 11 is 1.36. The summed E-state index contributed by atoms with van der Waals surface area (Å²) in [4.78, 5) is 44.2. The summed E-state index contributed by atoms with van der Waals surface area (Å²) in [7, 11) is -3.36. The standard InChI is InChI=1S/C27H30N6O5S2/c1-19(34)33-14-12-32(13-15-33)17-22-16-29-27(39-22)30-26(35)25(31-38-18-21-4-2-3-11-28-21)20-5-7-23(8-6-20)40(36,37)24-9-10-24/h2-8,11,16,24H,9-10,12-15,17-18H2,1H3,(H,29,30,35). The Bertz CT molecular complexity index is 1480. The summed E-state index contributed by atoms with van der Waals surface area (Å²) in [6.07, 6.45) is 4.71. The number of anilines is 1. The van der Waals surface area contributed by atoms with E-state index in [9.17, 15) is 18.0 Å². The number of carbonyl (C=O) groups excluding carboxylic acids is 2. The SMILES string of the molecule is CC(=O)N1CCN(Cc2cnc(NC(=O)C(=NOCc3ccccn3)c3ccc(S(=O)(=O)C4CC4)cc3)s2)CC1. The first-order valence-electron chi connectivity index (χ1n) is 13.0. The molecule has 1 aromatic carbocycles. The van der Waals surface area contributed by atoms with Gasteiger partial charge in [0.15, 0.2) is 27.3 Å². The second-order valence-electron chi connectivity index (χ2n) is 9.67. The maximum Gasteiger partial charge on any atom is 0.280 e. The van der Waals surface area contributed by atoms with Gasteiger partial charge < -0.3 is 9.74 Å². The number of oxime groups is 1. The molecule has 2 fully saturated rings. The Morgan fingerprint density at radius 1 is 1.07 bits per heavy atom. The number of sulfone groups is 1. The van der Waals surface area contributed by atoms with E-state index in [4.69, 9.17) is 4.84 Å². The Morgan fingerprint density at radius 3 is 2.48 bits per heavy atom. The van der Waals surface area contributed by atoms with Gasteiger partial charge in [-0.1, -0.05) is 23.4 Å². The Labute approximate surface area is 236 Å². The zero-order valence-electron chi connectivity index (χ0n) is 22.0. The lowest BCUT2D eigenvalue weighted by Crippen LogP contribution is -2.47. The van der Waals surface area contributed by atoms with Crippen LogP contribution in [0.1, 0.15) is 35.9 Å². The van der Waals surface area contributed by atoms with Crippen LogP contribution in [0.3, 0.4) is 0 Å². The first kappa shape index (κ1) is 27.9. The zero-order valence-corrected chi connectivity index (χ0v) is 23.7. The zero-order chi connectivity index (χ0) is 28.1. The van der Waals surface area contributed by atoms with E-state index in [0.717, 1.165) is 18.0 Å². The number of piperazine rings is 1. The van der Waals surface area contributed by atoms with E-state index in [0.29, 0.717) is 48.9 Å². The molecule has 1 N–H and O–H groups in total. The molecule has 1 saturated carbocycles. The average molecular weight is 583 g/mol. The fourth-order valence-electron chi connectivity index (χ4n) is 4.28. The van der Waals surface area contributed by atoms with Crippen molar-refractivity contribution in [1.29, 1.82) is 0 Å². The van der Waals surface area contributed by atoms with E-state index in [-0.39, 0.29) is 28.4 Å². The highest BCUT2D eigenvalue weighted by Crippen LogP contribution is 2.33. The minimum atomic E-state index is -3.36. The number of pyridine rings is 1. The number of thiazole rings is 1. The number of benzene rings is 1. The molecule has 0 spiro atoms. The molecule has 1 aliphatic carbocycles. The summed E-state index contributed by atoms with van der Waals surface area (Å²) in [6.45, 7) is 5.24. The van der Waals surface area contributed by atoms with Crippen molar-refractivity contribution in [3.8, 4) is 0 Å². The molecule has 0 bridgehead atoms. The van der Waals surface area contributed by atoms with Gasteiger partial charge in [0.25, 0.3) is 5.91 Å². The van der Waals surface area contributed by atoms with Crippen LogP contribution < -0.4 is 5.32 Å². The van der Waals surface area contributed by atoms with Crippen LogP contribution in [0.4, 0.5) is 5.13 Å². The van der Waals surface area contributed by atoms with E-state index < -0.39 is 15.7 Å². The van der Waals surface area contributed by atoms with Gasteiger partial charge in [0.1, 0.15) is 0 Å². The molecular formula is C27H30N6O5S2. The summed E-state index contributed by atoms with van der Waals surface area (Å²) in [5, 5.41) is 6.98. The third kappa shape index (κ3) is 6.90. The monoisotopic (exact) mass is 582 g/mol. The van der Waals surface area contributed by atoms with Crippen molar-refractivity contribution in [2.75, 3.05) is 31.5 Å². The fraction of sp³-hybridized carbons (Fsp3) is 0.370. The lowest BCUT2D eigenvalue weighted by atomic mass is 10.1. The Hall–Kier alpha value is -3.68. The maximum atomic E-state index is 13.3. The molecule has 13 heteroatoms. The Morgan fingerprint density at radius 2 is 1.82 bits per heavy atom. The molecule has 0 radical (unpaired) electrons. The quantitative estimate of drug-likeness (QED) is 0.285. The minimum absolute atomic E-state index is 0.0107. The van der Waals surface area contributed by atoms with Crippen LogP contribution in [0, 0.1) is 0 Å². The van der Waals surface area contributed by atoms with Gasteiger partial charge in [0.05, 0.1) is 15.8 Å². The third-order valence-corrected chi connectivity index (χ3v) is 9.88. The number of amides is 2. The molecular weight excluding hydrogens is 552 g/mol. The first-order chi connectivity index (χ1) is 19.3. The number of aromatic nitrogens is 2. The van der Waals surface area contributed by atoms with Crippen molar-refractivity contribution in [3.05, 3.63) is 71.0 Å². The van der Waals surface area contributed by atoms with Gasteiger partial charge in [-0.2, -0.15) is 0 Å². The van der Waals surface area contributed by atoms with Crippen LogP contribution >= 0.6 is 11.3 Å². The van der Waals surface area contributed by atoms with Crippen molar-refractivity contribution < 1.29 is 22.8 Å². The molecule has 0 unspecified atom stereocenters. The van der Waals surface area contributed by atoms with Crippen LogP contribution in [0.5, 0.6) is 0 Å². The maximum absolute atomic E-state index is 13.3. The summed E-state index contributed by atoms with van der Waals surface area (Å²) < 4.78 is 25.2. The normalized spacial score (nSPS) is 16.5. The second kappa shape index (κ2) is 12.2. The topological polar surface area (TPSA) is 134 Å². The fourth-order valence-corrected chi connectivity index (χ4v) is 6.79. The van der Waals surface area contributed by atoms with Gasteiger partial charge >= 0.3 is 0 Å². The van der Waals surface area contributed by atoms with Gasteiger partial charge in [-0.15, -0.1) is 11.3 Å². The highest BCUT2D eigenvalue weighted by atomic mass is 32.2. The largest absolute Gasteiger partial charge is 0.389 e. The first-order valence-corrected chi connectivity index (χ1v) is 15.3. The van der Waals surface area contributed by atoms with Gasteiger partial charge in [-0.3, -0.25) is 24.8 Å². The van der Waals surface area contributed by atoms with Crippen LogP contribution in [0.25, 0.3) is 0 Å². The summed E-state index contributed by atoms with van der Waals surface area (Å²) in [6, 6.07) is 11.5. The average Bonchev–Trinajstić information content (AvgIpc) is 3.74. The molecule has 40 heavy (non-hydrogen) atoms. The smallest absolute Gasteiger partial charge is 0.280 e. The van der Waals surface area contributed by atoms with Crippen molar-refractivity contribution in [2.45, 2.75) is 43.1 Å².